The molecule has 4 rings (SSSR count). The van der Waals surface area contributed by atoms with Crippen molar-refractivity contribution in [2.45, 2.75) is 38.1 Å². The molecule has 1 aromatic heterocycles. The van der Waals surface area contributed by atoms with Crippen LogP contribution in [0.25, 0.3) is 5.69 Å². The molecule has 0 fully saturated rings. The van der Waals surface area contributed by atoms with Crippen LogP contribution in [0.5, 0.6) is 5.75 Å². The van der Waals surface area contributed by atoms with Crippen molar-refractivity contribution in [3.8, 4) is 11.4 Å². The number of alkyl halides is 3. The number of ether oxygens (including phenoxy) is 1. The number of para-hydroxylation sites is 1. The first-order valence-electron chi connectivity index (χ1n) is 12.8. The Labute approximate surface area is 249 Å². The summed E-state index contributed by atoms with van der Waals surface area (Å²) < 4.78 is 46.3. The Kier molecular flexibility index (Phi) is 9.79. The van der Waals surface area contributed by atoms with Gasteiger partial charge >= 0.3 is 6.18 Å². The number of hydrogen-bond donors (Lipinski definition) is 2. The lowest BCUT2D eigenvalue weighted by atomic mass is 10.1. The zero-order valence-electron chi connectivity index (χ0n) is 22.9. The zero-order valence-corrected chi connectivity index (χ0v) is 24.5. The number of benzene rings is 3. The molecule has 220 valence electrons. The molecule has 4 aromatic rings. The molecule has 0 unspecified atom stereocenters. The van der Waals surface area contributed by atoms with Gasteiger partial charge in [-0.05, 0) is 66.9 Å². The van der Waals surface area contributed by atoms with Gasteiger partial charge in [0.05, 0.1) is 41.4 Å². The summed E-state index contributed by atoms with van der Waals surface area (Å²) in [4.78, 5) is 25.6. The van der Waals surface area contributed by atoms with Crippen molar-refractivity contribution < 1.29 is 27.5 Å². The van der Waals surface area contributed by atoms with Crippen molar-refractivity contribution in [3.05, 3.63) is 93.8 Å². The van der Waals surface area contributed by atoms with E-state index in [1.54, 1.807) is 28.8 Å². The number of nitrogens with one attached hydrogen (secondary N) is 2. The van der Waals surface area contributed by atoms with E-state index in [0.29, 0.717) is 28.7 Å². The molecule has 8 nitrogen and oxygen atoms in total. The lowest BCUT2D eigenvalue weighted by molar-refractivity contribution is -0.137. The van der Waals surface area contributed by atoms with E-state index < -0.39 is 17.6 Å². The number of aromatic nitrogens is 3. The monoisotopic (exact) mass is 617 g/mol. The fraction of sp³-hybridized carbons (Fsp3) is 0.241. The Balaban J connectivity index is 1.57. The Hall–Kier alpha value is -4.03. The van der Waals surface area contributed by atoms with Gasteiger partial charge in [0, 0.05) is 5.56 Å². The third-order valence-corrected chi connectivity index (χ3v) is 7.54. The molecule has 0 aliphatic rings. The molecular formula is C29H27ClF3N5O3S. The maximum Gasteiger partial charge on any atom is 0.416 e. The molecule has 42 heavy (non-hydrogen) atoms. The molecule has 13 heteroatoms. The molecule has 3 aromatic carbocycles. The Morgan fingerprint density at radius 3 is 2.48 bits per heavy atom. The molecular weight excluding hydrogens is 591 g/mol. The van der Waals surface area contributed by atoms with E-state index >= 15 is 0 Å². The first-order valence-corrected chi connectivity index (χ1v) is 14.1. The highest BCUT2D eigenvalue weighted by Gasteiger charge is 2.31. The molecule has 0 radical (unpaired) electrons. The number of aryl methyl sites for hydroxylation is 2. The largest absolute Gasteiger partial charge is 0.497 e. The number of rotatable bonds is 10. The average molecular weight is 618 g/mol. The first-order chi connectivity index (χ1) is 20.0. The highest BCUT2D eigenvalue weighted by Crippen LogP contribution is 2.34. The van der Waals surface area contributed by atoms with Crippen LogP contribution in [0.15, 0.2) is 65.8 Å². The molecule has 2 N–H and O–H groups in total. The number of thioether (sulfide) groups is 1. The van der Waals surface area contributed by atoms with E-state index in [1.165, 1.54) is 7.11 Å². The van der Waals surface area contributed by atoms with Crippen molar-refractivity contribution in [2.24, 2.45) is 0 Å². The van der Waals surface area contributed by atoms with Crippen LogP contribution < -0.4 is 15.4 Å². The molecule has 0 bridgehead atoms. The van der Waals surface area contributed by atoms with E-state index in [1.807, 2.05) is 32.0 Å². The second-order valence-electron chi connectivity index (χ2n) is 9.11. The van der Waals surface area contributed by atoms with Crippen molar-refractivity contribution in [1.82, 2.24) is 20.1 Å². The van der Waals surface area contributed by atoms with E-state index in [-0.39, 0.29) is 28.9 Å². The number of carbonyl (C=O) groups is 2. The van der Waals surface area contributed by atoms with Crippen molar-refractivity contribution in [1.29, 1.82) is 0 Å². The summed E-state index contributed by atoms with van der Waals surface area (Å²) in [6, 6.07) is 15.2. The molecule has 0 spiro atoms. The number of methoxy groups -OCH3 is 1. The summed E-state index contributed by atoms with van der Waals surface area (Å²) in [6.45, 7) is 3.99. The highest BCUT2D eigenvalue weighted by molar-refractivity contribution is 7.99. The fourth-order valence-corrected chi connectivity index (χ4v) is 5.10. The molecule has 0 saturated heterocycles. The van der Waals surface area contributed by atoms with Crippen LogP contribution in [-0.4, -0.2) is 39.4 Å². The predicted octanol–water partition coefficient (Wildman–Crippen LogP) is 6.48. The second kappa shape index (κ2) is 13.3. The minimum Gasteiger partial charge on any atom is -0.497 e. The third-order valence-electron chi connectivity index (χ3n) is 6.29. The smallest absolute Gasteiger partial charge is 0.416 e. The topological polar surface area (TPSA) is 98.1 Å². The summed E-state index contributed by atoms with van der Waals surface area (Å²) >= 11 is 7.08. The van der Waals surface area contributed by atoms with E-state index in [2.05, 4.69) is 20.8 Å². The van der Waals surface area contributed by atoms with Crippen LogP contribution in [0.3, 0.4) is 0 Å². The molecule has 1 heterocycles. The van der Waals surface area contributed by atoms with E-state index in [4.69, 9.17) is 16.3 Å². The van der Waals surface area contributed by atoms with Gasteiger partial charge in [0.2, 0.25) is 5.91 Å². The number of carbonyl (C=O) groups excluding carboxylic acids is 2. The van der Waals surface area contributed by atoms with Gasteiger partial charge in [0.25, 0.3) is 5.91 Å². The quantitative estimate of drug-likeness (QED) is 0.198. The summed E-state index contributed by atoms with van der Waals surface area (Å²) in [7, 11) is 1.54. The second-order valence-corrected chi connectivity index (χ2v) is 10.5. The molecule has 2 amide bonds. The standard InChI is InChI=1S/C29H27ClF3N5O3S/c1-4-18-7-5-6-17(2)26(18)38-24(15-34-27(40)19-8-11-21(41-3)12-9-19)36-37-28(38)42-16-25(39)35-23-14-20(29(31,32)33)10-13-22(23)30/h5-14H,4,15-16H2,1-3H3,(H,34,40)(H,35,39). The van der Waals surface area contributed by atoms with Crippen LogP contribution in [0.1, 0.15) is 39.8 Å². The molecule has 0 atom stereocenters. The maximum absolute atomic E-state index is 13.1. The minimum atomic E-state index is -4.58. The van der Waals surface area contributed by atoms with Gasteiger partial charge in [-0.15, -0.1) is 10.2 Å². The van der Waals surface area contributed by atoms with Crippen LogP contribution in [0.2, 0.25) is 5.02 Å². The summed E-state index contributed by atoms with van der Waals surface area (Å²) in [5.74, 6) is -0.0236. The highest BCUT2D eigenvalue weighted by atomic mass is 35.5. The summed E-state index contributed by atoms with van der Waals surface area (Å²) in [6.07, 6.45) is -3.88. The predicted molar refractivity (Wildman–Crippen MR) is 155 cm³/mol. The number of nitrogens with zero attached hydrogens (tertiary/aromatic N) is 3. The minimum absolute atomic E-state index is 0.0214. The Morgan fingerprint density at radius 2 is 1.81 bits per heavy atom. The lowest BCUT2D eigenvalue weighted by Crippen LogP contribution is -2.25. The van der Waals surface area contributed by atoms with Gasteiger partial charge in [-0.25, -0.2) is 0 Å². The lowest BCUT2D eigenvalue weighted by Gasteiger charge is -2.17. The molecule has 0 aliphatic carbocycles. The number of amides is 2. The SMILES string of the molecule is CCc1cccc(C)c1-n1c(CNC(=O)c2ccc(OC)cc2)nnc1SCC(=O)Nc1cc(C(F)(F)F)ccc1Cl. The average Bonchev–Trinajstić information content (AvgIpc) is 3.37. The molecule has 0 aliphatic heterocycles. The fourth-order valence-electron chi connectivity index (χ4n) is 4.18. The van der Waals surface area contributed by atoms with Gasteiger partial charge in [-0.3, -0.25) is 14.2 Å². The number of anilines is 1. The van der Waals surface area contributed by atoms with Gasteiger partial charge in [-0.2, -0.15) is 13.2 Å². The Morgan fingerprint density at radius 1 is 1.07 bits per heavy atom. The normalized spacial score (nSPS) is 11.3. The summed E-state index contributed by atoms with van der Waals surface area (Å²) in [5, 5.41) is 14.2. The van der Waals surface area contributed by atoms with Crippen molar-refractivity contribution >= 4 is 40.9 Å². The van der Waals surface area contributed by atoms with Crippen molar-refractivity contribution in [2.75, 3.05) is 18.2 Å². The molecule has 0 saturated carbocycles. The van der Waals surface area contributed by atoms with Crippen molar-refractivity contribution in [3.63, 3.8) is 0 Å². The van der Waals surface area contributed by atoms with Gasteiger partial charge in [-0.1, -0.05) is 48.5 Å². The maximum atomic E-state index is 13.1. The Bertz CT molecular complexity index is 1590. The van der Waals surface area contributed by atoms with E-state index in [0.717, 1.165) is 46.8 Å². The van der Waals surface area contributed by atoms with Gasteiger partial charge in [0.15, 0.2) is 11.0 Å². The third kappa shape index (κ3) is 7.24. The van der Waals surface area contributed by atoms with Crippen LogP contribution in [0.4, 0.5) is 18.9 Å². The first kappa shape index (κ1) is 30.9. The van der Waals surface area contributed by atoms with Crippen LogP contribution >= 0.6 is 23.4 Å². The van der Waals surface area contributed by atoms with Gasteiger partial charge in [0.1, 0.15) is 5.75 Å². The zero-order chi connectivity index (χ0) is 30.4. The number of hydrogen-bond acceptors (Lipinski definition) is 6. The van der Waals surface area contributed by atoms with Gasteiger partial charge < -0.3 is 15.4 Å². The van der Waals surface area contributed by atoms with E-state index in [9.17, 15) is 22.8 Å². The summed E-state index contributed by atoms with van der Waals surface area (Å²) in [5.41, 5.74) is 2.11. The van der Waals surface area contributed by atoms with Crippen LogP contribution in [-0.2, 0) is 23.9 Å². The van der Waals surface area contributed by atoms with Crippen LogP contribution in [0, 0.1) is 6.92 Å². The number of halogens is 4.